The first kappa shape index (κ1) is 14.9. The van der Waals surface area contributed by atoms with Gasteiger partial charge in [0.15, 0.2) is 0 Å². The summed E-state index contributed by atoms with van der Waals surface area (Å²) in [6, 6.07) is 9.28. The molecule has 0 fully saturated rings. The summed E-state index contributed by atoms with van der Waals surface area (Å²) in [7, 11) is 0. The first-order chi connectivity index (χ1) is 10.0. The summed E-state index contributed by atoms with van der Waals surface area (Å²) in [4.78, 5) is 27.6. The van der Waals surface area contributed by atoms with Crippen molar-refractivity contribution in [1.29, 1.82) is 0 Å². The number of nitrogens with one attached hydrogen (secondary N) is 2. The van der Waals surface area contributed by atoms with Crippen LogP contribution in [0.15, 0.2) is 36.4 Å². The highest BCUT2D eigenvalue weighted by Crippen LogP contribution is 2.11. The van der Waals surface area contributed by atoms with Crippen LogP contribution in [0.25, 0.3) is 10.9 Å². The van der Waals surface area contributed by atoms with E-state index in [9.17, 15) is 14.7 Å². The number of nitrogens with zero attached hydrogens (tertiary/aromatic N) is 1. The number of pyridine rings is 1. The Morgan fingerprint density at radius 2 is 1.90 bits per heavy atom. The molecule has 4 N–H and O–H groups in total. The third-order valence-corrected chi connectivity index (χ3v) is 2.99. The quantitative estimate of drug-likeness (QED) is 0.475. The smallest absolute Gasteiger partial charge is 0.270 e. The maximum absolute atomic E-state index is 12.1. The Hall–Kier alpha value is -2.51. The number of para-hydroxylation sites is 1. The van der Waals surface area contributed by atoms with E-state index in [0.717, 1.165) is 5.39 Å². The number of carbonyl (C=O) groups is 2. The summed E-state index contributed by atoms with van der Waals surface area (Å²) in [5, 5.41) is 21.3. The lowest BCUT2D eigenvalue weighted by Gasteiger charge is -2.18. The molecule has 2 rings (SSSR count). The van der Waals surface area contributed by atoms with E-state index in [-0.39, 0.29) is 5.69 Å². The summed E-state index contributed by atoms with van der Waals surface area (Å²) >= 11 is 0. The summed E-state index contributed by atoms with van der Waals surface area (Å²) in [5.74, 6) is -1.52. The largest absolute Gasteiger partial charge is 0.391 e. The molecule has 0 aliphatic heterocycles. The van der Waals surface area contributed by atoms with Gasteiger partial charge in [-0.2, -0.15) is 0 Å². The van der Waals surface area contributed by atoms with Gasteiger partial charge in [0.1, 0.15) is 11.7 Å². The third kappa shape index (κ3) is 3.33. The highest BCUT2D eigenvalue weighted by Gasteiger charge is 2.26. The van der Waals surface area contributed by atoms with Crippen molar-refractivity contribution in [3.05, 3.63) is 42.1 Å². The molecule has 7 heteroatoms. The van der Waals surface area contributed by atoms with Crippen LogP contribution in [0.1, 0.15) is 17.4 Å². The Balaban J connectivity index is 2.23. The molecule has 0 spiro atoms. The predicted octanol–water partition coefficient (Wildman–Crippen LogP) is 0.219. The van der Waals surface area contributed by atoms with E-state index < -0.39 is 24.0 Å². The Kier molecular flexibility index (Phi) is 4.46. The molecule has 2 unspecified atom stereocenters. The van der Waals surface area contributed by atoms with Crippen LogP contribution in [0.5, 0.6) is 0 Å². The molecule has 110 valence electrons. The van der Waals surface area contributed by atoms with Gasteiger partial charge in [0.2, 0.25) is 0 Å². The van der Waals surface area contributed by atoms with E-state index in [1.165, 1.54) is 18.5 Å². The molecule has 0 aliphatic rings. The molecule has 0 radical (unpaired) electrons. The van der Waals surface area contributed by atoms with E-state index in [1.54, 1.807) is 18.2 Å². The minimum absolute atomic E-state index is 0.116. The van der Waals surface area contributed by atoms with Crippen molar-refractivity contribution in [2.45, 2.75) is 19.1 Å². The topological polar surface area (TPSA) is 112 Å². The SMILES string of the molecule is CC(O)C(NC(=O)c1ccc2ccccc2n1)C(=O)NO. The average molecular weight is 289 g/mol. The number of hydrogen-bond donors (Lipinski definition) is 4. The van der Waals surface area contributed by atoms with Crippen LogP contribution in [0.3, 0.4) is 0 Å². The lowest BCUT2D eigenvalue weighted by molar-refractivity contribution is -0.133. The van der Waals surface area contributed by atoms with Gasteiger partial charge in [0.25, 0.3) is 11.8 Å². The molecule has 7 nitrogen and oxygen atoms in total. The minimum atomic E-state index is -1.27. The number of carbonyl (C=O) groups excluding carboxylic acids is 2. The fraction of sp³-hybridized carbons (Fsp3) is 0.214. The first-order valence-electron chi connectivity index (χ1n) is 6.31. The molecule has 2 aromatic rings. The second-order valence-electron chi connectivity index (χ2n) is 4.56. The van der Waals surface area contributed by atoms with Crippen molar-refractivity contribution < 1.29 is 19.9 Å². The highest BCUT2D eigenvalue weighted by atomic mass is 16.5. The van der Waals surface area contributed by atoms with Crippen LogP contribution < -0.4 is 10.8 Å². The monoisotopic (exact) mass is 289 g/mol. The number of benzene rings is 1. The lowest BCUT2D eigenvalue weighted by Crippen LogP contribution is -2.51. The van der Waals surface area contributed by atoms with Gasteiger partial charge >= 0.3 is 0 Å². The summed E-state index contributed by atoms with van der Waals surface area (Å²) < 4.78 is 0. The number of aromatic nitrogens is 1. The molecule has 0 saturated heterocycles. The van der Waals surface area contributed by atoms with Crippen molar-refractivity contribution in [3.63, 3.8) is 0 Å². The number of hydrogen-bond acceptors (Lipinski definition) is 5. The van der Waals surface area contributed by atoms with Crippen molar-refractivity contribution >= 4 is 22.7 Å². The zero-order valence-electron chi connectivity index (χ0n) is 11.3. The van der Waals surface area contributed by atoms with E-state index >= 15 is 0 Å². The van der Waals surface area contributed by atoms with Gasteiger partial charge in [0, 0.05) is 5.39 Å². The van der Waals surface area contributed by atoms with Crippen LogP contribution in [0, 0.1) is 0 Å². The zero-order valence-corrected chi connectivity index (χ0v) is 11.3. The number of amides is 2. The molecule has 1 aromatic carbocycles. The van der Waals surface area contributed by atoms with Crippen LogP contribution in [0.4, 0.5) is 0 Å². The zero-order chi connectivity index (χ0) is 15.4. The van der Waals surface area contributed by atoms with Crippen molar-refractivity contribution in [2.75, 3.05) is 0 Å². The number of hydroxylamine groups is 1. The second-order valence-corrected chi connectivity index (χ2v) is 4.56. The molecule has 2 atom stereocenters. The van der Waals surface area contributed by atoms with Crippen LogP contribution in [-0.4, -0.2) is 39.3 Å². The molecular weight excluding hydrogens is 274 g/mol. The highest BCUT2D eigenvalue weighted by molar-refractivity contribution is 5.97. The predicted molar refractivity (Wildman–Crippen MR) is 74.6 cm³/mol. The summed E-state index contributed by atoms with van der Waals surface area (Å²) in [6.07, 6.45) is -1.17. The molecule has 0 saturated carbocycles. The Morgan fingerprint density at radius 1 is 1.19 bits per heavy atom. The first-order valence-corrected chi connectivity index (χ1v) is 6.31. The molecular formula is C14H15N3O4. The van der Waals surface area contributed by atoms with Crippen molar-refractivity contribution in [2.24, 2.45) is 0 Å². The minimum Gasteiger partial charge on any atom is -0.391 e. The van der Waals surface area contributed by atoms with Gasteiger partial charge in [-0.1, -0.05) is 24.3 Å². The summed E-state index contributed by atoms with van der Waals surface area (Å²) in [6.45, 7) is 1.33. The van der Waals surface area contributed by atoms with E-state index in [4.69, 9.17) is 5.21 Å². The van der Waals surface area contributed by atoms with Gasteiger partial charge in [0.05, 0.1) is 11.6 Å². The molecule has 2 amide bonds. The van der Waals surface area contributed by atoms with Crippen molar-refractivity contribution in [1.82, 2.24) is 15.8 Å². The van der Waals surface area contributed by atoms with Crippen LogP contribution in [0.2, 0.25) is 0 Å². The Labute approximate surface area is 120 Å². The van der Waals surface area contributed by atoms with Gasteiger partial charge in [-0.3, -0.25) is 14.8 Å². The second kappa shape index (κ2) is 6.29. The fourth-order valence-corrected chi connectivity index (χ4v) is 1.88. The van der Waals surface area contributed by atoms with E-state index in [0.29, 0.717) is 5.52 Å². The summed E-state index contributed by atoms with van der Waals surface area (Å²) in [5.41, 5.74) is 2.16. The fourth-order valence-electron chi connectivity index (χ4n) is 1.88. The Morgan fingerprint density at radius 3 is 2.57 bits per heavy atom. The number of aliphatic hydroxyl groups excluding tert-OH is 1. The molecule has 1 heterocycles. The number of fused-ring (bicyclic) bond motifs is 1. The van der Waals surface area contributed by atoms with Gasteiger partial charge in [-0.05, 0) is 19.1 Å². The maximum Gasteiger partial charge on any atom is 0.270 e. The third-order valence-electron chi connectivity index (χ3n) is 2.99. The van der Waals surface area contributed by atoms with Crippen LogP contribution in [-0.2, 0) is 4.79 Å². The standard InChI is InChI=1S/C14H15N3O4/c1-8(18)12(14(20)17-21)16-13(19)11-7-6-9-4-2-3-5-10(9)15-11/h2-8,12,18,21H,1H3,(H,16,19)(H,17,20). The molecule has 1 aromatic heterocycles. The maximum atomic E-state index is 12.1. The molecule has 21 heavy (non-hydrogen) atoms. The number of aliphatic hydroxyl groups is 1. The number of rotatable bonds is 4. The van der Waals surface area contributed by atoms with Gasteiger partial charge in [-0.25, -0.2) is 10.5 Å². The van der Waals surface area contributed by atoms with Crippen LogP contribution >= 0.6 is 0 Å². The Bertz CT molecular complexity index is 672. The van der Waals surface area contributed by atoms with Gasteiger partial charge in [-0.15, -0.1) is 0 Å². The lowest BCUT2D eigenvalue weighted by atomic mass is 10.1. The van der Waals surface area contributed by atoms with Gasteiger partial charge < -0.3 is 10.4 Å². The average Bonchev–Trinajstić information content (AvgIpc) is 2.50. The normalized spacial score (nSPS) is 13.5. The van der Waals surface area contributed by atoms with E-state index in [2.05, 4.69) is 10.3 Å². The van der Waals surface area contributed by atoms with Crippen molar-refractivity contribution in [3.8, 4) is 0 Å². The van der Waals surface area contributed by atoms with E-state index in [1.807, 2.05) is 12.1 Å². The molecule has 0 bridgehead atoms. The molecule has 0 aliphatic carbocycles.